The van der Waals surface area contributed by atoms with E-state index in [0.717, 1.165) is 35.3 Å². The van der Waals surface area contributed by atoms with Crippen LogP contribution in [0.5, 0.6) is 5.75 Å². The minimum absolute atomic E-state index is 0.185. The molecule has 0 radical (unpaired) electrons. The van der Waals surface area contributed by atoms with Gasteiger partial charge in [-0.1, -0.05) is 15.9 Å². The molecule has 0 saturated carbocycles. The van der Waals surface area contributed by atoms with E-state index in [1.54, 1.807) is 12.0 Å². The molecule has 0 aromatic heterocycles. The fourth-order valence-electron chi connectivity index (χ4n) is 2.66. The summed E-state index contributed by atoms with van der Waals surface area (Å²) in [6.07, 6.45) is 0.895. The molecule has 4 nitrogen and oxygen atoms in total. The summed E-state index contributed by atoms with van der Waals surface area (Å²) in [5.74, 6) is 0.993. The van der Waals surface area contributed by atoms with Crippen molar-refractivity contribution in [2.24, 2.45) is 5.41 Å². The Morgan fingerprint density at radius 3 is 2.90 bits per heavy atom. The van der Waals surface area contributed by atoms with Gasteiger partial charge in [0, 0.05) is 30.2 Å². The van der Waals surface area contributed by atoms with Gasteiger partial charge in [-0.25, -0.2) is 0 Å². The third kappa shape index (κ3) is 3.15. The number of carbonyl (C=O) groups is 1. The van der Waals surface area contributed by atoms with Gasteiger partial charge in [0.25, 0.3) is 0 Å². The third-order valence-electron chi connectivity index (χ3n) is 3.88. The molecule has 1 fully saturated rings. The number of hydrogen-bond acceptors (Lipinski definition) is 3. The largest absolute Gasteiger partial charge is 0.496 e. The Morgan fingerprint density at radius 2 is 2.30 bits per heavy atom. The molecule has 1 aliphatic rings. The molecule has 1 aliphatic heterocycles. The smallest absolute Gasteiger partial charge is 0.229 e. The monoisotopic (exact) mass is 340 g/mol. The highest BCUT2D eigenvalue weighted by Crippen LogP contribution is 2.29. The van der Waals surface area contributed by atoms with Crippen molar-refractivity contribution in [3.8, 4) is 5.75 Å². The fourth-order valence-corrected chi connectivity index (χ4v) is 3.07. The molecule has 1 N–H and O–H groups in total. The van der Waals surface area contributed by atoms with E-state index >= 15 is 0 Å². The molecule has 110 valence electrons. The van der Waals surface area contributed by atoms with Gasteiger partial charge in [0.2, 0.25) is 5.91 Å². The summed E-state index contributed by atoms with van der Waals surface area (Å²) in [6.45, 7) is 4.25. The Bertz CT molecular complexity index is 499. The molecular weight excluding hydrogens is 320 g/mol. The van der Waals surface area contributed by atoms with Crippen LogP contribution in [0.1, 0.15) is 18.9 Å². The Labute approximate surface area is 128 Å². The number of nitrogens with zero attached hydrogens (tertiary/aromatic N) is 1. The van der Waals surface area contributed by atoms with E-state index in [1.165, 1.54) is 0 Å². The molecule has 1 atom stereocenters. The van der Waals surface area contributed by atoms with Crippen molar-refractivity contribution in [2.45, 2.75) is 19.9 Å². The molecule has 1 saturated heterocycles. The van der Waals surface area contributed by atoms with Crippen LogP contribution in [0.3, 0.4) is 0 Å². The van der Waals surface area contributed by atoms with E-state index in [2.05, 4.69) is 21.2 Å². The average molecular weight is 341 g/mol. The Hall–Kier alpha value is -1.07. The molecule has 1 heterocycles. The van der Waals surface area contributed by atoms with Crippen LogP contribution in [0, 0.1) is 5.41 Å². The Kier molecular flexibility index (Phi) is 4.70. The minimum Gasteiger partial charge on any atom is -0.496 e. The molecule has 5 heteroatoms. The second kappa shape index (κ2) is 6.14. The van der Waals surface area contributed by atoms with Crippen molar-refractivity contribution in [1.82, 2.24) is 10.2 Å². The average Bonchev–Trinajstić information content (AvgIpc) is 2.86. The number of methoxy groups -OCH3 is 1. The van der Waals surface area contributed by atoms with Gasteiger partial charge >= 0.3 is 0 Å². The van der Waals surface area contributed by atoms with Gasteiger partial charge < -0.3 is 15.0 Å². The summed E-state index contributed by atoms with van der Waals surface area (Å²) >= 11 is 3.46. The second-order valence-electron chi connectivity index (χ2n) is 5.60. The van der Waals surface area contributed by atoms with Crippen LogP contribution >= 0.6 is 15.9 Å². The number of hydrogen-bond donors (Lipinski definition) is 1. The first-order chi connectivity index (χ1) is 9.46. The highest BCUT2D eigenvalue weighted by molar-refractivity contribution is 9.10. The molecule has 1 aromatic carbocycles. The van der Waals surface area contributed by atoms with Crippen molar-refractivity contribution in [3.05, 3.63) is 28.2 Å². The molecular formula is C15H21BrN2O2. The molecule has 0 spiro atoms. The lowest BCUT2D eigenvalue weighted by molar-refractivity contribution is -0.139. The van der Waals surface area contributed by atoms with Crippen LogP contribution in [-0.4, -0.2) is 38.1 Å². The Morgan fingerprint density at radius 1 is 1.55 bits per heavy atom. The Balaban J connectivity index is 2.13. The lowest BCUT2D eigenvalue weighted by Gasteiger charge is -2.28. The lowest BCUT2D eigenvalue weighted by Crippen LogP contribution is -2.41. The van der Waals surface area contributed by atoms with Gasteiger partial charge in [0.15, 0.2) is 0 Å². The van der Waals surface area contributed by atoms with Gasteiger partial charge in [-0.15, -0.1) is 0 Å². The first-order valence-electron chi connectivity index (χ1n) is 6.75. The SMILES string of the molecule is COc1ccc(Br)cc1CN(C)C(=O)C1(C)CCNC1. The van der Waals surface area contributed by atoms with Crippen molar-refractivity contribution in [1.29, 1.82) is 0 Å². The molecule has 1 aromatic rings. The number of halogens is 1. The van der Waals surface area contributed by atoms with Crippen molar-refractivity contribution in [3.63, 3.8) is 0 Å². The predicted octanol–water partition coefficient (Wildman–Crippen LogP) is 2.42. The van der Waals surface area contributed by atoms with Gasteiger partial charge in [-0.3, -0.25) is 4.79 Å². The number of carbonyl (C=O) groups excluding carboxylic acids is 1. The quantitative estimate of drug-likeness (QED) is 0.915. The number of nitrogens with one attached hydrogen (secondary N) is 1. The van der Waals surface area contributed by atoms with Crippen LogP contribution < -0.4 is 10.1 Å². The zero-order valence-corrected chi connectivity index (χ0v) is 13.8. The molecule has 1 amide bonds. The number of amides is 1. The van der Waals surface area contributed by atoms with Crippen molar-refractivity contribution >= 4 is 21.8 Å². The van der Waals surface area contributed by atoms with E-state index < -0.39 is 0 Å². The predicted molar refractivity (Wildman–Crippen MR) is 82.8 cm³/mol. The van der Waals surface area contributed by atoms with Gasteiger partial charge in [0.05, 0.1) is 12.5 Å². The molecule has 2 rings (SSSR count). The fraction of sp³-hybridized carbons (Fsp3) is 0.533. The summed E-state index contributed by atoms with van der Waals surface area (Å²) in [6, 6.07) is 5.85. The zero-order chi connectivity index (χ0) is 14.8. The van der Waals surface area contributed by atoms with Gasteiger partial charge in [-0.05, 0) is 38.1 Å². The van der Waals surface area contributed by atoms with E-state index in [-0.39, 0.29) is 11.3 Å². The summed E-state index contributed by atoms with van der Waals surface area (Å²) < 4.78 is 6.35. The van der Waals surface area contributed by atoms with Crippen LogP contribution in [0.25, 0.3) is 0 Å². The lowest BCUT2D eigenvalue weighted by atomic mass is 9.88. The number of ether oxygens (including phenoxy) is 1. The maximum Gasteiger partial charge on any atom is 0.229 e. The van der Waals surface area contributed by atoms with Crippen LogP contribution in [-0.2, 0) is 11.3 Å². The van der Waals surface area contributed by atoms with E-state index in [1.807, 2.05) is 32.2 Å². The van der Waals surface area contributed by atoms with E-state index in [0.29, 0.717) is 6.54 Å². The van der Waals surface area contributed by atoms with E-state index in [4.69, 9.17) is 4.74 Å². The summed E-state index contributed by atoms with van der Waals surface area (Å²) in [4.78, 5) is 14.4. The third-order valence-corrected chi connectivity index (χ3v) is 4.37. The summed E-state index contributed by atoms with van der Waals surface area (Å²) in [7, 11) is 3.50. The summed E-state index contributed by atoms with van der Waals surface area (Å²) in [5.41, 5.74) is 0.723. The molecule has 0 bridgehead atoms. The second-order valence-corrected chi connectivity index (χ2v) is 6.52. The zero-order valence-electron chi connectivity index (χ0n) is 12.2. The molecule has 1 unspecified atom stereocenters. The standard InChI is InChI=1S/C15H21BrN2O2/c1-15(6-7-17-10-15)14(19)18(2)9-11-8-12(16)4-5-13(11)20-3/h4-5,8,17H,6-7,9-10H2,1-3H3. The van der Waals surface area contributed by atoms with Crippen LogP contribution in [0.2, 0.25) is 0 Å². The molecule has 0 aliphatic carbocycles. The van der Waals surface area contributed by atoms with E-state index in [9.17, 15) is 4.79 Å². The minimum atomic E-state index is -0.284. The van der Waals surface area contributed by atoms with Gasteiger partial charge in [-0.2, -0.15) is 0 Å². The highest BCUT2D eigenvalue weighted by Gasteiger charge is 2.38. The first-order valence-corrected chi connectivity index (χ1v) is 7.54. The van der Waals surface area contributed by atoms with Crippen molar-refractivity contribution in [2.75, 3.05) is 27.2 Å². The number of benzene rings is 1. The highest BCUT2D eigenvalue weighted by atomic mass is 79.9. The maximum atomic E-state index is 12.6. The van der Waals surface area contributed by atoms with Gasteiger partial charge in [0.1, 0.15) is 5.75 Å². The topological polar surface area (TPSA) is 41.6 Å². The molecule has 20 heavy (non-hydrogen) atoms. The maximum absolute atomic E-state index is 12.6. The normalized spacial score (nSPS) is 21.8. The summed E-state index contributed by atoms with van der Waals surface area (Å²) in [5, 5.41) is 3.26. The van der Waals surface area contributed by atoms with Crippen LogP contribution in [0.4, 0.5) is 0 Å². The van der Waals surface area contributed by atoms with Crippen molar-refractivity contribution < 1.29 is 9.53 Å². The first kappa shape index (κ1) is 15.3. The number of rotatable bonds is 4. The van der Waals surface area contributed by atoms with Crippen LogP contribution in [0.15, 0.2) is 22.7 Å².